The summed E-state index contributed by atoms with van der Waals surface area (Å²) in [5, 5.41) is -0.235. The second-order valence-electron chi connectivity index (χ2n) is 5.01. The van der Waals surface area contributed by atoms with Crippen molar-refractivity contribution in [2.75, 3.05) is 0 Å². The first-order valence-electron chi connectivity index (χ1n) is 6.99. The molecule has 21 heavy (non-hydrogen) atoms. The van der Waals surface area contributed by atoms with Crippen molar-refractivity contribution in [3.8, 4) is 0 Å². The lowest BCUT2D eigenvalue weighted by atomic mass is 9.91. The summed E-state index contributed by atoms with van der Waals surface area (Å²) in [4.78, 5) is 0. The largest absolute Gasteiger partial charge is 0.320 e. The molecule has 2 aromatic carbocycles. The number of halogens is 3. The molecule has 0 heterocycles. The third-order valence-corrected chi connectivity index (χ3v) is 4.00. The lowest BCUT2D eigenvalue weighted by molar-refractivity contribution is 0.576. The summed E-state index contributed by atoms with van der Waals surface area (Å²) in [5.41, 5.74) is 9.30. The third kappa shape index (κ3) is 3.25. The minimum Gasteiger partial charge on any atom is -0.320 e. The molecule has 0 spiro atoms. The molecule has 0 aliphatic rings. The quantitative estimate of drug-likeness (QED) is 0.807. The highest BCUT2D eigenvalue weighted by Crippen LogP contribution is 2.29. The second kappa shape index (κ2) is 6.54. The molecule has 0 amide bonds. The van der Waals surface area contributed by atoms with E-state index >= 15 is 0 Å². The third-order valence-electron chi connectivity index (χ3n) is 3.71. The van der Waals surface area contributed by atoms with Crippen molar-refractivity contribution < 1.29 is 8.78 Å². The molecular weight excluding hydrogens is 292 g/mol. The second-order valence-corrected chi connectivity index (χ2v) is 5.41. The van der Waals surface area contributed by atoms with Crippen molar-refractivity contribution in [2.45, 2.75) is 32.7 Å². The Balaban J connectivity index is 2.53. The van der Waals surface area contributed by atoms with Gasteiger partial charge >= 0.3 is 0 Å². The molecule has 2 rings (SSSR count). The average Bonchev–Trinajstić information content (AvgIpc) is 2.49. The molecule has 0 aliphatic heterocycles. The van der Waals surface area contributed by atoms with Crippen LogP contribution in [0.1, 0.15) is 42.1 Å². The number of rotatable bonds is 4. The smallest absolute Gasteiger partial charge is 0.142 e. The lowest BCUT2D eigenvalue weighted by Gasteiger charge is -2.18. The Kier molecular flexibility index (Phi) is 4.96. The van der Waals surface area contributed by atoms with E-state index in [2.05, 4.69) is 0 Å². The van der Waals surface area contributed by atoms with E-state index < -0.39 is 17.7 Å². The first-order valence-corrected chi connectivity index (χ1v) is 7.37. The van der Waals surface area contributed by atoms with Crippen LogP contribution in [0.25, 0.3) is 0 Å². The summed E-state index contributed by atoms with van der Waals surface area (Å²) in [6.07, 6.45) is 1.64. The number of nitrogens with two attached hydrogens (primary N) is 1. The first kappa shape index (κ1) is 15.9. The van der Waals surface area contributed by atoms with Crippen molar-refractivity contribution in [1.29, 1.82) is 0 Å². The van der Waals surface area contributed by atoms with Crippen LogP contribution in [0.3, 0.4) is 0 Å². The van der Waals surface area contributed by atoms with Crippen LogP contribution in [0.4, 0.5) is 8.78 Å². The fourth-order valence-electron chi connectivity index (χ4n) is 2.42. The number of hydrogen-bond donors (Lipinski definition) is 1. The average molecular weight is 310 g/mol. The Hall–Kier alpha value is -1.45. The minimum absolute atomic E-state index is 0.125. The summed E-state index contributed by atoms with van der Waals surface area (Å²) in [5.74, 6) is -1.24. The van der Waals surface area contributed by atoms with Crippen LogP contribution in [0, 0.1) is 11.6 Å². The molecule has 0 radical (unpaired) electrons. The SMILES string of the molecule is CCc1ccc(CC)c(C(N)c2cc(F)c(Cl)cc2F)c1. The summed E-state index contributed by atoms with van der Waals surface area (Å²) in [6, 6.07) is 7.35. The van der Waals surface area contributed by atoms with Gasteiger partial charge in [0.15, 0.2) is 0 Å². The predicted octanol–water partition coefficient (Wildman–Crippen LogP) is 4.79. The normalized spacial score (nSPS) is 12.5. The van der Waals surface area contributed by atoms with Gasteiger partial charge in [-0.25, -0.2) is 8.78 Å². The molecule has 0 fully saturated rings. The van der Waals surface area contributed by atoms with Gasteiger partial charge in [-0.05, 0) is 41.7 Å². The summed E-state index contributed by atoms with van der Waals surface area (Å²) >= 11 is 5.59. The Morgan fingerprint density at radius 2 is 1.71 bits per heavy atom. The van der Waals surface area contributed by atoms with Gasteiger partial charge in [0.25, 0.3) is 0 Å². The molecule has 2 N–H and O–H groups in total. The van der Waals surface area contributed by atoms with E-state index in [1.165, 1.54) is 0 Å². The highest BCUT2D eigenvalue weighted by molar-refractivity contribution is 6.30. The zero-order valence-corrected chi connectivity index (χ0v) is 12.8. The standard InChI is InChI=1S/C17H18ClF2N/c1-3-10-5-6-11(4-2)12(7-10)17(21)13-8-16(20)14(18)9-15(13)19/h5-9,17H,3-4,21H2,1-2H3. The summed E-state index contributed by atoms with van der Waals surface area (Å²) in [6.45, 7) is 4.05. The monoisotopic (exact) mass is 309 g/mol. The molecule has 1 unspecified atom stereocenters. The molecule has 112 valence electrons. The van der Waals surface area contributed by atoms with Crippen LogP contribution in [-0.2, 0) is 12.8 Å². The first-order chi connectivity index (χ1) is 9.97. The predicted molar refractivity (Wildman–Crippen MR) is 82.6 cm³/mol. The topological polar surface area (TPSA) is 26.0 Å². The van der Waals surface area contributed by atoms with Crippen molar-refractivity contribution in [1.82, 2.24) is 0 Å². The van der Waals surface area contributed by atoms with Gasteiger partial charge in [-0.2, -0.15) is 0 Å². The molecule has 2 aromatic rings. The number of benzene rings is 2. The van der Waals surface area contributed by atoms with Crippen molar-refractivity contribution >= 4 is 11.6 Å². The van der Waals surface area contributed by atoms with Gasteiger partial charge in [0.05, 0.1) is 11.1 Å². The van der Waals surface area contributed by atoms with Gasteiger partial charge in [-0.3, -0.25) is 0 Å². The van der Waals surface area contributed by atoms with Crippen LogP contribution in [0.5, 0.6) is 0 Å². The van der Waals surface area contributed by atoms with Gasteiger partial charge in [0, 0.05) is 5.56 Å². The molecule has 1 nitrogen and oxygen atoms in total. The highest BCUT2D eigenvalue weighted by Gasteiger charge is 2.19. The Morgan fingerprint density at radius 3 is 2.33 bits per heavy atom. The van der Waals surface area contributed by atoms with Crippen molar-refractivity contribution in [3.05, 3.63) is 69.2 Å². The van der Waals surface area contributed by atoms with Crippen LogP contribution in [0.2, 0.25) is 5.02 Å². The minimum atomic E-state index is -0.710. The number of aryl methyl sites for hydroxylation is 2. The maximum atomic E-state index is 14.1. The van der Waals surface area contributed by atoms with Crippen LogP contribution >= 0.6 is 11.6 Å². The van der Waals surface area contributed by atoms with Gasteiger partial charge in [0.2, 0.25) is 0 Å². The molecule has 0 bridgehead atoms. The molecule has 0 saturated heterocycles. The Bertz CT molecular complexity index is 655. The Morgan fingerprint density at radius 1 is 1.00 bits per heavy atom. The molecular formula is C17H18ClF2N. The number of hydrogen-bond acceptors (Lipinski definition) is 1. The van der Waals surface area contributed by atoms with Crippen molar-refractivity contribution in [3.63, 3.8) is 0 Å². The van der Waals surface area contributed by atoms with E-state index in [1.807, 2.05) is 32.0 Å². The van der Waals surface area contributed by atoms with Gasteiger partial charge in [-0.1, -0.05) is 43.6 Å². The maximum Gasteiger partial charge on any atom is 0.142 e. The molecule has 0 saturated carbocycles. The van der Waals surface area contributed by atoms with E-state index in [1.54, 1.807) is 0 Å². The van der Waals surface area contributed by atoms with E-state index in [-0.39, 0.29) is 10.6 Å². The Labute approximate surface area is 128 Å². The van der Waals surface area contributed by atoms with Crippen LogP contribution in [-0.4, -0.2) is 0 Å². The van der Waals surface area contributed by atoms with Gasteiger partial charge in [0.1, 0.15) is 11.6 Å². The van der Waals surface area contributed by atoms with Gasteiger partial charge in [-0.15, -0.1) is 0 Å². The molecule has 0 aromatic heterocycles. The van der Waals surface area contributed by atoms with Crippen LogP contribution in [0.15, 0.2) is 30.3 Å². The molecule has 1 atom stereocenters. The van der Waals surface area contributed by atoms with Gasteiger partial charge < -0.3 is 5.73 Å². The van der Waals surface area contributed by atoms with Crippen LogP contribution < -0.4 is 5.73 Å². The lowest BCUT2D eigenvalue weighted by Crippen LogP contribution is -2.16. The molecule has 4 heteroatoms. The van der Waals surface area contributed by atoms with E-state index in [0.29, 0.717) is 0 Å². The summed E-state index contributed by atoms with van der Waals surface area (Å²) < 4.78 is 27.7. The zero-order chi connectivity index (χ0) is 15.6. The fourth-order valence-corrected chi connectivity index (χ4v) is 2.57. The zero-order valence-electron chi connectivity index (χ0n) is 12.1. The highest BCUT2D eigenvalue weighted by atomic mass is 35.5. The fraction of sp³-hybridized carbons (Fsp3) is 0.294. The van der Waals surface area contributed by atoms with E-state index in [9.17, 15) is 8.78 Å². The maximum absolute atomic E-state index is 14.1. The van der Waals surface area contributed by atoms with E-state index in [4.69, 9.17) is 17.3 Å². The van der Waals surface area contributed by atoms with E-state index in [0.717, 1.165) is 41.7 Å². The van der Waals surface area contributed by atoms with Crippen molar-refractivity contribution in [2.24, 2.45) is 5.73 Å². The molecule has 0 aliphatic carbocycles. The summed E-state index contributed by atoms with van der Waals surface area (Å²) in [7, 11) is 0.